The molecule has 7 heteroatoms. The van der Waals surface area contributed by atoms with Crippen molar-refractivity contribution in [2.24, 2.45) is 0 Å². The van der Waals surface area contributed by atoms with E-state index in [1.165, 1.54) is 6.54 Å². The molecule has 25 heavy (non-hydrogen) atoms. The zero-order chi connectivity index (χ0) is 17.2. The highest BCUT2D eigenvalue weighted by molar-refractivity contribution is 6.31. The van der Waals surface area contributed by atoms with E-state index in [1.54, 1.807) is 11.2 Å². The first kappa shape index (κ1) is 16.3. The minimum atomic E-state index is 0.605. The SMILES string of the molecule is CC[NH+]1CCN(c2ncnc3c2cnn3Cc2ccccc2Cl)CC1. The van der Waals surface area contributed by atoms with Gasteiger partial charge in [0.25, 0.3) is 0 Å². The second-order valence-electron chi connectivity index (χ2n) is 6.42. The monoisotopic (exact) mass is 357 g/mol. The Bertz CT molecular complexity index is 869. The number of nitrogens with one attached hydrogen (secondary N) is 1. The van der Waals surface area contributed by atoms with Crippen LogP contribution in [0.1, 0.15) is 12.5 Å². The summed E-state index contributed by atoms with van der Waals surface area (Å²) in [6, 6.07) is 7.84. The van der Waals surface area contributed by atoms with Gasteiger partial charge in [-0.05, 0) is 18.6 Å². The van der Waals surface area contributed by atoms with Gasteiger partial charge in [-0.3, -0.25) is 0 Å². The number of piperazine rings is 1. The number of quaternary nitrogens is 1. The zero-order valence-corrected chi connectivity index (χ0v) is 15.1. The van der Waals surface area contributed by atoms with Crippen LogP contribution in [0, 0.1) is 0 Å². The van der Waals surface area contributed by atoms with Gasteiger partial charge >= 0.3 is 0 Å². The molecule has 3 heterocycles. The molecule has 3 aromatic rings. The topological polar surface area (TPSA) is 51.3 Å². The number of likely N-dealkylation sites (N-methyl/N-ethyl adjacent to an activating group) is 1. The van der Waals surface area contributed by atoms with Gasteiger partial charge in [-0.2, -0.15) is 5.10 Å². The Balaban J connectivity index is 1.63. The maximum Gasteiger partial charge on any atom is 0.163 e. The molecule has 0 unspecified atom stereocenters. The highest BCUT2D eigenvalue weighted by Gasteiger charge is 2.22. The van der Waals surface area contributed by atoms with Crippen LogP contribution in [0.25, 0.3) is 11.0 Å². The highest BCUT2D eigenvalue weighted by atomic mass is 35.5. The van der Waals surface area contributed by atoms with Gasteiger partial charge < -0.3 is 9.80 Å². The number of fused-ring (bicyclic) bond motifs is 1. The molecule has 2 aromatic heterocycles. The van der Waals surface area contributed by atoms with E-state index >= 15 is 0 Å². The first-order valence-corrected chi connectivity index (χ1v) is 9.12. The van der Waals surface area contributed by atoms with Gasteiger partial charge in [0.05, 0.1) is 50.9 Å². The number of aromatic nitrogens is 4. The van der Waals surface area contributed by atoms with Crippen molar-refractivity contribution in [1.29, 1.82) is 0 Å². The van der Waals surface area contributed by atoms with Gasteiger partial charge in [-0.15, -0.1) is 0 Å². The summed E-state index contributed by atoms with van der Waals surface area (Å²) in [7, 11) is 0. The predicted molar refractivity (Wildman–Crippen MR) is 99.3 cm³/mol. The molecule has 130 valence electrons. The molecule has 1 saturated heterocycles. The van der Waals surface area contributed by atoms with Crippen LogP contribution in [0.5, 0.6) is 0 Å². The summed E-state index contributed by atoms with van der Waals surface area (Å²) < 4.78 is 1.90. The van der Waals surface area contributed by atoms with Crippen molar-refractivity contribution < 1.29 is 4.90 Å². The molecule has 0 aliphatic carbocycles. The summed E-state index contributed by atoms with van der Waals surface area (Å²) in [5.41, 5.74) is 1.89. The molecular formula is C18H22ClN6+. The fourth-order valence-electron chi connectivity index (χ4n) is 3.42. The van der Waals surface area contributed by atoms with Crippen molar-refractivity contribution in [3.63, 3.8) is 0 Å². The normalized spacial score (nSPS) is 15.8. The van der Waals surface area contributed by atoms with Crippen LogP contribution in [0.15, 0.2) is 36.8 Å². The van der Waals surface area contributed by atoms with Gasteiger partial charge in [0.1, 0.15) is 12.1 Å². The van der Waals surface area contributed by atoms with Crippen LogP contribution in [-0.2, 0) is 6.54 Å². The third-order valence-electron chi connectivity index (χ3n) is 4.96. The number of hydrogen-bond donors (Lipinski definition) is 1. The second-order valence-corrected chi connectivity index (χ2v) is 6.83. The average Bonchev–Trinajstić information content (AvgIpc) is 3.07. The maximum absolute atomic E-state index is 6.29. The quantitative estimate of drug-likeness (QED) is 0.763. The van der Waals surface area contributed by atoms with Gasteiger partial charge in [0.15, 0.2) is 5.65 Å². The number of nitrogens with zero attached hydrogens (tertiary/aromatic N) is 5. The molecule has 0 amide bonds. The van der Waals surface area contributed by atoms with E-state index in [-0.39, 0.29) is 0 Å². The molecule has 0 spiro atoms. The molecule has 1 aliphatic rings. The number of rotatable bonds is 4. The number of anilines is 1. The fourth-order valence-corrected chi connectivity index (χ4v) is 3.62. The van der Waals surface area contributed by atoms with E-state index in [0.717, 1.165) is 53.6 Å². The van der Waals surface area contributed by atoms with Gasteiger partial charge in [-0.1, -0.05) is 29.8 Å². The predicted octanol–water partition coefficient (Wildman–Crippen LogP) is 1.25. The van der Waals surface area contributed by atoms with Crippen LogP contribution in [0.2, 0.25) is 5.02 Å². The Morgan fingerprint density at radius 2 is 1.96 bits per heavy atom. The number of hydrogen-bond acceptors (Lipinski definition) is 4. The van der Waals surface area contributed by atoms with Crippen molar-refractivity contribution in [2.75, 3.05) is 37.6 Å². The first-order valence-electron chi connectivity index (χ1n) is 8.74. The summed E-state index contributed by atoms with van der Waals surface area (Å²) in [4.78, 5) is 13.0. The summed E-state index contributed by atoms with van der Waals surface area (Å²) in [5.74, 6) is 0.991. The van der Waals surface area contributed by atoms with Crippen molar-refractivity contribution in [2.45, 2.75) is 13.5 Å². The Labute approximate surface area is 152 Å². The number of halogens is 1. The van der Waals surface area contributed by atoms with Crippen LogP contribution in [0.4, 0.5) is 5.82 Å². The minimum Gasteiger partial charge on any atom is -0.345 e. The van der Waals surface area contributed by atoms with Crippen LogP contribution >= 0.6 is 11.6 Å². The summed E-state index contributed by atoms with van der Waals surface area (Å²) >= 11 is 6.29. The molecule has 4 rings (SSSR count). The number of benzene rings is 1. The lowest BCUT2D eigenvalue weighted by atomic mass is 10.2. The van der Waals surface area contributed by atoms with E-state index in [2.05, 4.69) is 26.9 Å². The Hall–Kier alpha value is -2.18. The molecule has 0 bridgehead atoms. The lowest BCUT2D eigenvalue weighted by molar-refractivity contribution is -0.898. The van der Waals surface area contributed by atoms with E-state index in [1.807, 2.05) is 35.1 Å². The Kier molecular flexibility index (Phi) is 4.55. The Morgan fingerprint density at radius 1 is 1.16 bits per heavy atom. The molecule has 1 fully saturated rings. The lowest BCUT2D eigenvalue weighted by Gasteiger charge is -2.32. The van der Waals surface area contributed by atoms with Crippen molar-refractivity contribution in [1.82, 2.24) is 19.7 Å². The van der Waals surface area contributed by atoms with Crippen LogP contribution in [0.3, 0.4) is 0 Å². The summed E-state index contributed by atoms with van der Waals surface area (Å²) in [6.07, 6.45) is 3.52. The molecule has 6 nitrogen and oxygen atoms in total. The largest absolute Gasteiger partial charge is 0.345 e. The van der Waals surface area contributed by atoms with Crippen molar-refractivity contribution >= 4 is 28.5 Å². The fraction of sp³-hybridized carbons (Fsp3) is 0.389. The smallest absolute Gasteiger partial charge is 0.163 e. The van der Waals surface area contributed by atoms with Crippen molar-refractivity contribution in [3.8, 4) is 0 Å². The standard InChI is InChI=1S/C18H21ClN6/c1-2-23-7-9-24(10-8-23)17-15-11-22-25(18(15)21-13-20-17)12-14-5-3-4-6-16(14)19/h3-6,11,13H,2,7-10,12H2,1H3/p+1. The molecule has 1 N–H and O–H groups in total. The highest BCUT2D eigenvalue weighted by Crippen LogP contribution is 2.24. The third kappa shape index (κ3) is 3.19. The second kappa shape index (κ2) is 6.98. The van der Waals surface area contributed by atoms with Gasteiger partial charge in [-0.25, -0.2) is 14.6 Å². The average molecular weight is 358 g/mol. The lowest BCUT2D eigenvalue weighted by Crippen LogP contribution is -3.14. The van der Waals surface area contributed by atoms with E-state index in [4.69, 9.17) is 11.6 Å². The first-order chi connectivity index (χ1) is 12.3. The zero-order valence-electron chi connectivity index (χ0n) is 14.3. The van der Waals surface area contributed by atoms with Gasteiger partial charge in [0, 0.05) is 5.02 Å². The molecule has 1 aliphatic heterocycles. The van der Waals surface area contributed by atoms with E-state index in [9.17, 15) is 0 Å². The van der Waals surface area contributed by atoms with E-state index < -0.39 is 0 Å². The van der Waals surface area contributed by atoms with Crippen LogP contribution < -0.4 is 9.80 Å². The molecular weight excluding hydrogens is 336 g/mol. The van der Waals surface area contributed by atoms with Gasteiger partial charge in [0.2, 0.25) is 0 Å². The Morgan fingerprint density at radius 3 is 2.72 bits per heavy atom. The van der Waals surface area contributed by atoms with Crippen molar-refractivity contribution in [3.05, 3.63) is 47.4 Å². The molecule has 1 aromatic carbocycles. The molecule has 0 saturated carbocycles. The maximum atomic E-state index is 6.29. The summed E-state index contributed by atoms with van der Waals surface area (Å²) in [5, 5.41) is 6.30. The van der Waals surface area contributed by atoms with E-state index in [0.29, 0.717) is 6.54 Å². The molecule has 0 atom stereocenters. The molecule has 0 radical (unpaired) electrons. The minimum absolute atomic E-state index is 0.605. The third-order valence-corrected chi connectivity index (χ3v) is 5.33. The van der Waals surface area contributed by atoms with Crippen LogP contribution in [-0.4, -0.2) is 52.5 Å². The summed E-state index contributed by atoms with van der Waals surface area (Å²) in [6.45, 7) is 8.37.